The fraction of sp³-hybridized carbons (Fsp3) is 0.588. The van der Waals surface area contributed by atoms with Gasteiger partial charge in [-0.1, -0.05) is 25.1 Å². The van der Waals surface area contributed by atoms with Crippen LogP contribution in [0.25, 0.3) is 0 Å². The van der Waals surface area contributed by atoms with Crippen molar-refractivity contribution in [3.05, 3.63) is 29.8 Å². The molecule has 1 unspecified atom stereocenters. The quantitative estimate of drug-likeness (QED) is 0.734. The summed E-state index contributed by atoms with van der Waals surface area (Å²) in [6.07, 6.45) is 2.08. The van der Waals surface area contributed by atoms with Crippen LogP contribution in [-0.4, -0.2) is 36.8 Å². The highest BCUT2D eigenvalue weighted by molar-refractivity contribution is 5.78. The van der Waals surface area contributed by atoms with Crippen molar-refractivity contribution in [1.82, 2.24) is 5.32 Å². The SMILES string of the molecule is CCN(CCCC(CC)(NC)C(=O)O)c1ccccc1C. The molecule has 0 aliphatic carbocycles. The van der Waals surface area contributed by atoms with Crippen molar-refractivity contribution in [2.24, 2.45) is 0 Å². The zero-order valence-corrected chi connectivity index (χ0v) is 13.6. The summed E-state index contributed by atoms with van der Waals surface area (Å²) < 4.78 is 0. The maximum atomic E-state index is 11.5. The number of para-hydroxylation sites is 1. The molecule has 1 aromatic carbocycles. The second kappa shape index (κ2) is 8.03. The third-order valence-electron chi connectivity index (χ3n) is 4.36. The van der Waals surface area contributed by atoms with Crippen LogP contribution in [0.5, 0.6) is 0 Å². The van der Waals surface area contributed by atoms with E-state index in [1.54, 1.807) is 7.05 Å². The van der Waals surface area contributed by atoms with Gasteiger partial charge in [-0.3, -0.25) is 4.79 Å². The molecule has 0 aliphatic rings. The van der Waals surface area contributed by atoms with E-state index in [0.29, 0.717) is 12.8 Å². The van der Waals surface area contributed by atoms with Gasteiger partial charge in [-0.2, -0.15) is 0 Å². The number of hydrogen-bond donors (Lipinski definition) is 2. The normalized spacial score (nSPS) is 13.7. The molecule has 21 heavy (non-hydrogen) atoms. The van der Waals surface area contributed by atoms with E-state index in [1.165, 1.54) is 11.3 Å². The Morgan fingerprint density at radius 2 is 2.00 bits per heavy atom. The van der Waals surface area contributed by atoms with Crippen molar-refractivity contribution in [1.29, 1.82) is 0 Å². The summed E-state index contributed by atoms with van der Waals surface area (Å²) >= 11 is 0. The summed E-state index contributed by atoms with van der Waals surface area (Å²) in [6.45, 7) is 7.96. The lowest BCUT2D eigenvalue weighted by molar-refractivity contribution is -0.145. The molecular weight excluding hydrogens is 264 g/mol. The number of benzene rings is 1. The Morgan fingerprint density at radius 3 is 2.48 bits per heavy atom. The van der Waals surface area contributed by atoms with Crippen LogP contribution >= 0.6 is 0 Å². The van der Waals surface area contributed by atoms with Gasteiger partial charge >= 0.3 is 5.97 Å². The Hall–Kier alpha value is -1.55. The summed E-state index contributed by atoms with van der Waals surface area (Å²) in [5.41, 5.74) is 1.69. The molecule has 118 valence electrons. The third kappa shape index (κ3) is 4.21. The Labute approximate surface area is 128 Å². The summed E-state index contributed by atoms with van der Waals surface area (Å²) in [6, 6.07) is 8.33. The maximum Gasteiger partial charge on any atom is 0.323 e. The summed E-state index contributed by atoms with van der Waals surface area (Å²) in [7, 11) is 1.73. The number of likely N-dealkylation sites (N-methyl/N-ethyl adjacent to an activating group) is 1. The molecule has 1 aromatic rings. The second-order valence-corrected chi connectivity index (χ2v) is 5.46. The molecule has 0 aliphatic heterocycles. The summed E-state index contributed by atoms with van der Waals surface area (Å²) in [5.74, 6) is -0.758. The van der Waals surface area contributed by atoms with E-state index in [0.717, 1.165) is 19.5 Å². The molecule has 1 rings (SSSR count). The molecule has 0 bridgehead atoms. The molecule has 4 nitrogen and oxygen atoms in total. The van der Waals surface area contributed by atoms with Crippen molar-refractivity contribution in [3.8, 4) is 0 Å². The van der Waals surface area contributed by atoms with Gasteiger partial charge in [0, 0.05) is 18.8 Å². The Kier molecular flexibility index (Phi) is 6.69. The van der Waals surface area contributed by atoms with Crippen LogP contribution in [0.4, 0.5) is 5.69 Å². The number of aliphatic carboxylic acids is 1. The topological polar surface area (TPSA) is 52.6 Å². The van der Waals surface area contributed by atoms with Crippen LogP contribution in [-0.2, 0) is 4.79 Å². The lowest BCUT2D eigenvalue weighted by atomic mass is 9.90. The van der Waals surface area contributed by atoms with Gasteiger partial charge in [0.1, 0.15) is 5.54 Å². The average molecular weight is 292 g/mol. The zero-order valence-electron chi connectivity index (χ0n) is 13.6. The van der Waals surface area contributed by atoms with Gasteiger partial charge in [-0.05, 0) is 51.8 Å². The van der Waals surface area contributed by atoms with Crippen LogP contribution < -0.4 is 10.2 Å². The highest BCUT2D eigenvalue weighted by Crippen LogP contribution is 2.22. The van der Waals surface area contributed by atoms with E-state index in [1.807, 2.05) is 19.1 Å². The van der Waals surface area contributed by atoms with Crippen molar-refractivity contribution >= 4 is 11.7 Å². The van der Waals surface area contributed by atoms with E-state index < -0.39 is 11.5 Å². The van der Waals surface area contributed by atoms with Gasteiger partial charge in [-0.25, -0.2) is 0 Å². The number of rotatable bonds is 9. The highest BCUT2D eigenvalue weighted by atomic mass is 16.4. The first-order valence-electron chi connectivity index (χ1n) is 7.73. The fourth-order valence-electron chi connectivity index (χ4n) is 2.78. The number of nitrogens with one attached hydrogen (secondary N) is 1. The van der Waals surface area contributed by atoms with Gasteiger partial charge in [0.15, 0.2) is 0 Å². The number of anilines is 1. The minimum absolute atomic E-state index is 0.593. The first-order chi connectivity index (χ1) is 10.0. The van der Waals surface area contributed by atoms with Gasteiger partial charge in [0.05, 0.1) is 0 Å². The Balaban J connectivity index is 2.68. The van der Waals surface area contributed by atoms with E-state index in [-0.39, 0.29) is 0 Å². The number of carbonyl (C=O) groups is 1. The van der Waals surface area contributed by atoms with Crippen molar-refractivity contribution in [2.75, 3.05) is 25.0 Å². The molecule has 2 N–H and O–H groups in total. The molecule has 0 heterocycles. The van der Waals surface area contributed by atoms with E-state index in [4.69, 9.17) is 0 Å². The number of aryl methyl sites for hydroxylation is 1. The van der Waals surface area contributed by atoms with E-state index in [2.05, 4.69) is 36.2 Å². The lowest BCUT2D eigenvalue weighted by Crippen LogP contribution is -2.50. The first kappa shape index (κ1) is 17.5. The number of carboxylic acid groups (broad SMARTS) is 1. The van der Waals surface area contributed by atoms with Gasteiger partial charge in [0.2, 0.25) is 0 Å². The number of nitrogens with zero attached hydrogens (tertiary/aromatic N) is 1. The minimum Gasteiger partial charge on any atom is -0.480 e. The Morgan fingerprint density at radius 1 is 1.33 bits per heavy atom. The lowest BCUT2D eigenvalue weighted by Gasteiger charge is -2.30. The fourth-order valence-corrected chi connectivity index (χ4v) is 2.78. The third-order valence-corrected chi connectivity index (χ3v) is 4.36. The van der Waals surface area contributed by atoms with Gasteiger partial charge in [-0.15, -0.1) is 0 Å². The molecule has 0 saturated carbocycles. The van der Waals surface area contributed by atoms with Crippen LogP contribution in [0.2, 0.25) is 0 Å². The average Bonchev–Trinajstić information content (AvgIpc) is 2.49. The molecule has 0 spiro atoms. The predicted molar refractivity (Wildman–Crippen MR) is 88.0 cm³/mol. The van der Waals surface area contributed by atoms with Crippen LogP contribution in [0, 0.1) is 6.92 Å². The molecule has 0 saturated heterocycles. The standard InChI is InChI=1S/C17H28N2O2/c1-5-17(18-4,16(20)21)12-9-13-19(6-2)15-11-8-7-10-14(15)3/h7-8,10-11,18H,5-6,9,12-13H2,1-4H3,(H,20,21). The van der Waals surface area contributed by atoms with Gasteiger partial charge in [0.25, 0.3) is 0 Å². The molecule has 0 amide bonds. The molecule has 0 aromatic heterocycles. The molecule has 1 atom stereocenters. The molecule has 4 heteroatoms. The first-order valence-corrected chi connectivity index (χ1v) is 7.73. The zero-order chi connectivity index (χ0) is 15.9. The number of hydrogen-bond acceptors (Lipinski definition) is 3. The smallest absolute Gasteiger partial charge is 0.323 e. The maximum absolute atomic E-state index is 11.5. The summed E-state index contributed by atoms with van der Waals surface area (Å²) in [5, 5.41) is 12.4. The van der Waals surface area contributed by atoms with Crippen molar-refractivity contribution in [3.63, 3.8) is 0 Å². The van der Waals surface area contributed by atoms with Crippen LogP contribution in [0.15, 0.2) is 24.3 Å². The van der Waals surface area contributed by atoms with E-state index in [9.17, 15) is 9.90 Å². The van der Waals surface area contributed by atoms with Crippen LogP contribution in [0.3, 0.4) is 0 Å². The molecule has 0 radical (unpaired) electrons. The molecule has 0 fully saturated rings. The largest absolute Gasteiger partial charge is 0.480 e. The van der Waals surface area contributed by atoms with E-state index >= 15 is 0 Å². The molecular formula is C17H28N2O2. The van der Waals surface area contributed by atoms with Crippen molar-refractivity contribution in [2.45, 2.75) is 45.6 Å². The van der Waals surface area contributed by atoms with Crippen LogP contribution in [0.1, 0.15) is 38.7 Å². The second-order valence-electron chi connectivity index (χ2n) is 5.46. The Bertz CT molecular complexity index is 456. The summed E-state index contributed by atoms with van der Waals surface area (Å²) in [4.78, 5) is 13.8. The van der Waals surface area contributed by atoms with Gasteiger partial charge < -0.3 is 15.3 Å². The van der Waals surface area contributed by atoms with Crippen molar-refractivity contribution < 1.29 is 9.90 Å². The monoisotopic (exact) mass is 292 g/mol. The minimum atomic E-state index is -0.800. The highest BCUT2D eigenvalue weighted by Gasteiger charge is 2.34. The number of carboxylic acids is 1. The predicted octanol–water partition coefficient (Wildman–Crippen LogP) is 3.05.